The second-order valence-corrected chi connectivity index (χ2v) is 5.79. The predicted octanol–water partition coefficient (Wildman–Crippen LogP) is 3.32. The Balaban J connectivity index is 2.05. The molecule has 3 rings (SSSR count). The minimum Gasteiger partial charge on any atom is -0.461 e. The molecule has 0 saturated heterocycles. The third-order valence-corrected chi connectivity index (χ3v) is 4.39. The molecule has 0 aliphatic heterocycles. The average Bonchev–Trinajstić information content (AvgIpc) is 2.16. The molecule has 16 heavy (non-hydrogen) atoms. The second-order valence-electron chi connectivity index (χ2n) is 5.79. The van der Waals surface area contributed by atoms with Gasteiger partial charge in [-0.3, -0.25) is 4.79 Å². The van der Waals surface area contributed by atoms with Crippen molar-refractivity contribution in [2.75, 3.05) is 0 Å². The van der Waals surface area contributed by atoms with Gasteiger partial charge in [-0.2, -0.15) is 0 Å². The van der Waals surface area contributed by atoms with Crippen LogP contribution in [0.3, 0.4) is 0 Å². The van der Waals surface area contributed by atoms with E-state index in [0.29, 0.717) is 23.7 Å². The molecule has 3 atom stereocenters. The molecule has 2 heteroatoms. The summed E-state index contributed by atoms with van der Waals surface area (Å²) >= 11 is 0. The first-order valence-electron chi connectivity index (χ1n) is 6.34. The highest BCUT2D eigenvalue weighted by Gasteiger charge is 2.60. The molecule has 1 fully saturated rings. The van der Waals surface area contributed by atoms with Crippen molar-refractivity contribution >= 4 is 5.97 Å². The first-order chi connectivity index (χ1) is 7.48. The van der Waals surface area contributed by atoms with Crippen molar-refractivity contribution in [3.05, 3.63) is 11.6 Å². The maximum absolute atomic E-state index is 11.6. The minimum absolute atomic E-state index is 0.0206. The number of fused-ring (bicyclic) bond motifs is 1. The molecule has 0 heterocycles. The fourth-order valence-corrected chi connectivity index (χ4v) is 3.48. The molecule has 0 aromatic heterocycles. The van der Waals surface area contributed by atoms with Gasteiger partial charge in [-0.15, -0.1) is 0 Å². The van der Waals surface area contributed by atoms with E-state index in [1.165, 1.54) is 5.57 Å². The van der Waals surface area contributed by atoms with E-state index in [-0.39, 0.29) is 12.1 Å². The summed E-state index contributed by atoms with van der Waals surface area (Å²) in [6.07, 6.45) is 4.96. The Bertz CT molecular complexity index is 328. The Morgan fingerprint density at radius 3 is 2.75 bits per heavy atom. The van der Waals surface area contributed by atoms with Gasteiger partial charge in [0.05, 0.1) is 0 Å². The van der Waals surface area contributed by atoms with Gasteiger partial charge < -0.3 is 4.74 Å². The lowest BCUT2D eigenvalue weighted by molar-refractivity contribution is -0.192. The van der Waals surface area contributed by atoms with E-state index >= 15 is 0 Å². The summed E-state index contributed by atoms with van der Waals surface area (Å²) in [4.78, 5) is 11.6. The van der Waals surface area contributed by atoms with E-state index in [9.17, 15) is 4.79 Å². The van der Waals surface area contributed by atoms with E-state index in [2.05, 4.69) is 26.8 Å². The Labute approximate surface area is 98.1 Å². The zero-order valence-electron chi connectivity index (χ0n) is 10.7. The molecule has 0 amide bonds. The molecule has 3 aliphatic carbocycles. The van der Waals surface area contributed by atoms with Crippen LogP contribution in [-0.2, 0) is 9.53 Å². The van der Waals surface area contributed by atoms with Crippen LogP contribution < -0.4 is 0 Å². The number of ether oxygens (including phenoxy) is 1. The van der Waals surface area contributed by atoms with Crippen LogP contribution in [0.5, 0.6) is 0 Å². The molecule has 1 saturated carbocycles. The molecular weight excluding hydrogens is 200 g/mol. The van der Waals surface area contributed by atoms with Gasteiger partial charge in [-0.1, -0.05) is 32.4 Å². The van der Waals surface area contributed by atoms with Crippen LogP contribution >= 0.6 is 0 Å². The topological polar surface area (TPSA) is 26.3 Å². The summed E-state index contributed by atoms with van der Waals surface area (Å²) in [6.45, 7) is 8.77. The van der Waals surface area contributed by atoms with Crippen LogP contribution in [0.4, 0.5) is 0 Å². The molecule has 3 aliphatic rings. The van der Waals surface area contributed by atoms with Crippen LogP contribution in [0.2, 0.25) is 0 Å². The zero-order chi connectivity index (χ0) is 11.9. The summed E-state index contributed by atoms with van der Waals surface area (Å²) in [6, 6.07) is 0. The molecule has 0 N–H and O–H groups in total. The number of hydrogen-bond acceptors (Lipinski definition) is 2. The number of esters is 1. The van der Waals surface area contributed by atoms with Gasteiger partial charge >= 0.3 is 5.97 Å². The highest BCUT2D eigenvalue weighted by atomic mass is 16.5. The Morgan fingerprint density at radius 2 is 2.25 bits per heavy atom. The number of carbonyl (C=O) groups is 1. The van der Waals surface area contributed by atoms with Crippen LogP contribution in [0, 0.1) is 17.3 Å². The molecule has 2 nitrogen and oxygen atoms in total. The van der Waals surface area contributed by atoms with Gasteiger partial charge in [0.2, 0.25) is 0 Å². The van der Waals surface area contributed by atoms with Crippen molar-refractivity contribution in [3.63, 3.8) is 0 Å². The quantitative estimate of drug-likeness (QED) is 0.541. The van der Waals surface area contributed by atoms with Crippen LogP contribution in [0.15, 0.2) is 11.6 Å². The summed E-state index contributed by atoms with van der Waals surface area (Å²) in [7, 11) is 0. The van der Waals surface area contributed by atoms with Gasteiger partial charge in [0.25, 0.3) is 0 Å². The molecule has 0 aromatic rings. The number of hydrogen-bond donors (Lipinski definition) is 0. The van der Waals surface area contributed by atoms with Crippen molar-refractivity contribution in [2.24, 2.45) is 17.3 Å². The minimum atomic E-state index is -0.0206. The number of allylic oxidation sites excluding steroid dienone is 1. The van der Waals surface area contributed by atoms with E-state index in [1.54, 1.807) is 0 Å². The summed E-state index contributed by atoms with van der Waals surface area (Å²) in [5, 5.41) is 0. The highest BCUT2D eigenvalue weighted by molar-refractivity contribution is 5.69. The molecule has 0 aromatic carbocycles. The maximum atomic E-state index is 11.6. The van der Waals surface area contributed by atoms with Crippen molar-refractivity contribution < 1.29 is 9.53 Å². The summed E-state index contributed by atoms with van der Waals surface area (Å²) in [5.74, 6) is 0.960. The fraction of sp³-hybridized carbons (Fsp3) is 0.786. The van der Waals surface area contributed by atoms with Crippen molar-refractivity contribution in [2.45, 2.75) is 53.1 Å². The SMILES string of the molecule is CCCC(=O)OC1[C@H]2CC=C(C)[C@H]1C2(C)C. The smallest absolute Gasteiger partial charge is 0.306 e. The van der Waals surface area contributed by atoms with Crippen molar-refractivity contribution in [1.82, 2.24) is 0 Å². The molecular formula is C14H22O2. The molecule has 0 spiro atoms. The lowest BCUT2D eigenvalue weighted by atomic mass is 9.47. The van der Waals surface area contributed by atoms with Crippen LogP contribution in [-0.4, -0.2) is 12.1 Å². The van der Waals surface area contributed by atoms with Gasteiger partial charge in [-0.05, 0) is 25.2 Å². The second kappa shape index (κ2) is 3.90. The predicted molar refractivity (Wildman–Crippen MR) is 63.9 cm³/mol. The third-order valence-electron chi connectivity index (χ3n) is 4.39. The fourth-order valence-electron chi connectivity index (χ4n) is 3.48. The Hall–Kier alpha value is -0.790. The molecule has 90 valence electrons. The standard InChI is InChI=1S/C14H22O2/c1-5-6-11(15)16-13-10-8-7-9(2)12(13)14(10,3)4/h7,10,12-13H,5-6,8H2,1-4H3/t10-,12-,13?/m1/s1. The summed E-state index contributed by atoms with van der Waals surface area (Å²) in [5.41, 5.74) is 1.72. The van der Waals surface area contributed by atoms with Crippen molar-refractivity contribution in [3.8, 4) is 0 Å². The first-order valence-corrected chi connectivity index (χ1v) is 6.34. The largest absolute Gasteiger partial charge is 0.461 e. The Kier molecular flexibility index (Phi) is 2.85. The van der Waals surface area contributed by atoms with Crippen LogP contribution in [0.25, 0.3) is 0 Å². The zero-order valence-corrected chi connectivity index (χ0v) is 10.7. The first kappa shape index (κ1) is 11.7. The van der Waals surface area contributed by atoms with E-state index < -0.39 is 0 Å². The van der Waals surface area contributed by atoms with Gasteiger partial charge in [0.1, 0.15) is 6.10 Å². The third kappa shape index (κ3) is 1.59. The van der Waals surface area contributed by atoms with Crippen LogP contribution in [0.1, 0.15) is 47.0 Å². The normalized spacial score (nSPS) is 35.0. The number of rotatable bonds is 3. The Morgan fingerprint density at radius 1 is 1.56 bits per heavy atom. The van der Waals surface area contributed by atoms with Crippen molar-refractivity contribution in [1.29, 1.82) is 0 Å². The molecule has 1 unspecified atom stereocenters. The highest BCUT2D eigenvalue weighted by Crippen LogP contribution is 2.60. The number of carbonyl (C=O) groups excluding carboxylic acids is 1. The van der Waals surface area contributed by atoms with Gasteiger partial charge in [0.15, 0.2) is 0 Å². The van der Waals surface area contributed by atoms with E-state index in [1.807, 2.05) is 6.92 Å². The van der Waals surface area contributed by atoms with E-state index in [0.717, 1.165) is 12.8 Å². The molecule has 0 radical (unpaired) electrons. The lowest BCUT2D eigenvalue weighted by Gasteiger charge is -2.60. The molecule has 2 bridgehead atoms. The van der Waals surface area contributed by atoms with Gasteiger partial charge in [0, 0.05) is 18.3 Å². The van der Waals surface area contributed by atoms with E-state index in [4.69, 9.17) is 4.74 Å². The summed E-state index contributed by atoms with van der Waals surface area (Å²) < 4.78 is 5.62. The average molecular weight is 222 g/mol. The monoisotopic (exact) mass is 222 g/mol. The maximum Gasteiger partial charge on any atom is 0.306 e. The lowest BCUT2D eigenvalue weighted by Crippen LogP contribution is -2.61. The van der Waals surface area contributed by atoms with Gasteiger partial charge in [-0.25, -0.2) is 0 Å².